The lowest BCUT2D eigenvalue weighted by molar-refractivity contribution is -0.0151. The molecule has 17 heavy (non-hydrogen) atoms. The third kappa shape index (κ3) is 2.98. The topological polar surface area (TPSA) is 29.5 Å². The highest BCUT2D eigenvalue weighted by molar-refractivity contribution is 5.19. The number of halogens is 3. The molecular formula is C12H13F3O2. The van der Waals surface area contributed by atoms with Gasteiger partial charge in [-0.05, 0) is 24.8 Å². The maximum atomic E-state index is 13.2. The second-order valence-electron chi connectivity index (χ2n) is 4.36. The fourth-order valence-corrected chi connectivity index (χ4v) is 1.85. The summed E-state index contributed by atoms with van der Waals surface area (Å²) in [5.41, 5.74) is 0.00349. The Labute approximate surface area is 97.0 Å². The fourth-order valence-electron chi connectivity index (χ4n) is 1.85. The second-order valence-corrected chi connectivity index (χ2v) is 4.36. The van der Waals surface area contributed by atoms with Crippen LogP contribution in [0.1, 0.15) is 18.4 Å². The predicted octanol–water partition coefficient (Wildman–Crippen LogP) is 2.39. The van der Waals surface area contributed by atoms with E-state index in [1.165, 1.54) is 0 Å². The van der Waals surface area contributed by atoms with Crippen LogP contribution in [0.3, 0.4) is 0 Å². The van der Waals surface area contributed by atoms with Crippen molar-refractivity contribution in [1.82, 2.24) is 0 Å². The molecule has 94 valence electrons. The first-order valence-corrected chi connectivity index (χ1v) is 5.45. The number of rotatable bonds is 4. The Morgan fingerprint density at radius 3 is 2.41 bits per heavy atom. The van der Waals surface area contributed by atoms with E-state index in [-0.39, 0.29) is 24.2 Å². The largest absolute Gasteiger partial charge is 0.393 e. The molecule has 2 rings (SSSR count). The van der Waals surface area contributed by atoms with E-state index in [0.29, 0.717) is 25.5 Å². The molecular weight excluding hydrogens is 233 g/mol. The molecule has 1 aliphatic carbocycles. The number of hydrogen-bond donors (Lipinski definition) is 1. The minimum Gasteiger partial charge on any atom is -0.393 e. The van der Waals surface area contributed by atoms with Crippen molar-refractivity contribution in [2.24, 2.45) is 5.92 Å². The molecule has 0 heterocycles. The zero-order valence-electron chi connectivity index (χ0n) is 9.13. The number of benzene rings is 1. The summed E-state index contributed by atoms with van der Waals surface area (Å²) in [5.74, 6) is -2.81. The van der Waals surface area contributed by atoms with Crippen molar-refractivity contribution in [2.45, 2.75) is 25.6 Å². The first kappa shape index (κ1) is 12.4. The molecule has 0 atom stereocenters. The van der Waals surface area contributed by atoms with Crippen LogP contribution in [0.5, 0.6) is 0 Å². The van der Waals surface area contributed by atoms with Gasteiger partial charge in [-0.1, -0.05) is 0 Å². The van der Waals surface area contributed by atoms with Gasteiger partial charge < -0.3 is 9.84 Å². The summed E-state index contributed by atoms with van der Waals surface area (Å²) in [6.45, 7) is 0.311. The molecule has 0 radical (unpaired) electrons. The molecule has 5 heteroatoms. The molecule has 1 N–H and O–H groups in total. The van der Waals surface area contributed by atoms with Gasteiger partial charge in [0.2, 0.25) is 0 Å². The van der Waals surface area contributed by atoms with Crippen LogP contribution in [-0.4, -0.2) is 17.8 Å². The number of ether oxygens (including phenoxy) is 1. The smallest absolute Gasteiger partial charge is 0.161 e. The third-order valence-corrected chi connectivity index (χ3v) is 2.91. The first-order valence-electron chi connectivity index (χ1n) is 5.45. The maximum Gasteiger partial charge on any atom is 0.161 e. The van der Waals surface area contributed by atoms with Gasteiger partial charge in [0.05, 0.1) is 19.3 Å². The minimum atomic E-state index is -1.20. The van der Waals surface area contributed by atoms with Gasteiger partial charge in [0.25, 0.3) is 0 Å². The minimum absolute atomic E-state index is 0.00349. The Bertz CT molecular complexity index is 403. The molecule has 1 saturated carbocycles. The van der Waals surface area contributed by atoms with Crippen LogP contribution in [0.15, 0.2) is 12.1 Å². The van der Waals surface area contributed by atoms with E-state index in [4.69, 9.17) is 9.84 Å². The van der Waals surface area contributed by atoms with E-state index in [9.17, 15) is 13.2 Å². The summed E-state index contributed by atoms with van der Waals surface area (Å²) >= 11 is 0. The molecule has 0 saturated heterocycles. The SMILES string of the molecule is O[C@H]1C[C@@H](COCc2cc(F)c(F)cc2F)C1. The molecule has 0 aliphatic heterocycles. The Morgan fingerprint density at radius 2 is 1.76 bits per heavy atom. The van der Waals surface area contributed by atoms with Crippen molar-refractivity contribution in [3.05, 3.63) is 35.1 Å². The van der Waals surface area contributed by atoms with Crippen LogP contribution >= 0.6 is 0 Å². The van der Waals surface area contributed by atoms with E-state index in [1.807, 2.05) is 0 Å². The zero-order valence-corrected chi connectivity index (χ0v) is 9.13. The quantitative estimate of drug-likeness (QED) is 0.826. The number of hydrogen-bond acceptors (Lipinski definition) is 2. The summed E-state index contributed by atoms with van der Waals surface area (Å²) in [4.78, 5) is 0. The molecule has 1 aliphatic rings. The Kier molecular flexibility index (Phi) is 3.69. The van der Waals surface area contributed by atoms with Gasteiger partial charge in [-0.2, -0.15) is 0 Å². The van der Waals surface area contributed by atoms with Crippen LogP contribution in [0.25, 0.3) is 0 Å². The summed E-state index contributed by atoms with van der Waals surface area (Å²) in [6.07, 6.45) is 1.10. The first-order chi connectivity index (χ1) is 8.06. The summed E-state index contributed by atoms with van der Waals surface area (Å²) in [6, 6.07) is 1.32. The molecule has 0 unspecified atom stereocenters. The van der Waals surface area contributed by atoms with Crippen LogP contribution in [0, 0.1) is 23.4 Å². The zero-order chi connectivity index (χ0) is 12.4. The predicted molar refractivity (Wildman–Crippen MR) is 54.7 cm³/mol. The molecule has 0 aromatic heterocycles. The van der Waals surface area contributed by atoms with Crippen LogP contribution < -0.4 is 0 Å². The summed E-state index contributed by atoms with van der Waals surface area (Å²) in [7, 11) is 0. The summed E-state index contributed by atoms with van der Waals surface area (Å²) in [5, 5.41) is 9.04. The Morgan fingerprint density at radius 1 is 1.12 bits per heavy atom. The Balaban J connectivity index is 1.84. The van der Waals surface area contributed by atoms with Gasteiger partial charge in [0, 0.05) is 11.6 Å². The van der Waals surface area contributed by atoms with Gasteiger partial charge >= 0.3 is 0 Å². The summed E-state index contributed by atoms with van der Waals surface area (Å²) < 4.78 is 43.9. The van der Waals surface area contributed by atoms with Gasteiger partial charge in [-0.3, -0.25) is 0 Å². The van der Waals surface area contributed by atoms with Gasteiger partial charge in [-0.15, -0.1) is 0 Å². The van der Waals surface area contributed by atoms with E-state index in [1.54, 1.807) is 0 Å². The number of aliphatic hydroxyl groups excluding tert-OH is 1. The molecule has 0 bridgehead atoms. The average molecular weight is 246 g/mol. The molecule has 1 fully saturated rings. The van der Waals surface area contributed by atoms with Crippen LogP contribution in [0.4, 0.5) is 13.2 Å². The van der Waals surface area contributed by atoms with Gasteiger partial charge in [0.15, 0.2) is 11.6 Å². The lowest BCUT2D eigenvalue weighted by Gasteiger charge is -2.30. The van der Waals surface area contributed by atoms with E-state index < -0.39 is 17.5 Å². The van der Waals surface area contributed by atoms with Crippen molar-refractivity contribution in [1.29, 1.82) is 0 Å². The van der Waals surface area contributed by atoms with Crippen molar-refractivity contribution in [3.63, 3.8) is 0 Å². The molecule has 0 amide bonds. The lowest BCUT2D eigenvalue weighted by Crippen LogP contribution is -2.31. The van der Waals surface area contributed by atoms with Crippen molar-refractivity contribution < 1.29 is 23.0 Å². The van der Waals surface area contributed by atoms with Gasteiger partial charge in [-0.25, -0.2) is 13.2 Å². The monoisotopic (exact) mass is 246 g/mol. The van der Waals surface area contributed by atoms with Crippen molar-refractivity contribution in [3.8, 4) is 0 Å². The Hall–Kier alpha value is -1.07. The van der Waals surface area contributed by atoms with E-state index in [2.05, 4.69) is 0 Å². The second kappa shape index (κ2) is 5.06. The third-order valence-electron chi connectivity index (χ3n) is 2.91. The fraction of sp³-hybridized carbons (Fsp3) is 0.500. The van der Waals surface area contributed by atoms with Crippen molar-refractivity contribution >= 4 is 0 Å². The van der Waals surface area contributed by atoms with Crippen LogP contribution in [0.2, 0.25) is 0 Å². The number of aliphatic hydroxyl groups is 1. The molecule has 0 spiro atoms. The maximum absolute atomic E-state index is 13.2. The highest BCUT2D eigenvalue weighted by Crippen LogP contribution is 2.27. The van der Waals surface area contributed by atoms with E-state index in [0.717, 1.165) is 6.07 Å². The van der Waals surface area contributed by atoms with Crippen LogP contribution in [-0.2, 0) is 11.3 Å². The normalized spacial score (nSPS) is 23.5. The highest BCUT2D eigenvalue weighted by atomic mass is 19.2. The molecule has 1 aromatic rings. The molecule has 2 nitrogen and oxygen atoms in total. The highest BCUT2D eigenvalue weighted by Gasteiger charge is 2.27. The standard InChI is InChI=1S/C12H13F3O2/c13-10-4-12(15)11(14)3-8(10)6-17-5-7-1-9(16)2-7/h3-4,7,9,16H,1-2,5-6H2/t7-,9+. The molecule has 1 aromatic carbocycles. The van der Waals surface area contributed by atoms with Gasteiger partial charge in [0.1, 0.15) is 5.82 Å². The average Bonchev–Trinajstić information content (AvgIpc) is 2.22. The van der Waals surface area contributed by atoms with E-state index >= 15 is 0 Å². The lowest BCUT2D eigenvalue weighted by atomic mass is 9.83. The van der Waals surface area contributed by atoms with Crippen molar-refractivity contribution in [2.75, 3.05) is 6.61 Å².